The van der Waals surface area contributed by atoms with Crippen molar-refractivity contribution >= 4 is 17.2 Å². The lowest BCUT2D eigenvalue weighted by Gasteiger charge is -2.14. The first-order chi connectivity index (χ1) is 7.27. The minimum atomic E-state index is -0.154. The second-order valence-corrected chi connectivity index (χ2v) is 3.91. The molecule has 1 amide bonds. The zero-order valence-corrected chi connectivity index (χ0v) is 8.99. The highest BCUT2D eigenvalue weighted by atomic mass is 32.1. The van der Waals surface area contributed by atoms with Crippen LogP contribution in [0.5, 0.6) is 0 Å². The number of hydrogen-bond donors (Lipinski definition) is 1. The van der Waals surface area contributed by atoms with Crippen LogP contribution in [0.1, 0.15) is 16.2 Å². The third-order valence-corrected chi connectivity index (χ3v) is 2.70. The summed E-state index contributed by atoms with van der Waals surface area (Å²) >= 11 is 1.62. The number of carbonyl (C=O) groups is 1. The van der Waals surface area contributed by atoms with E-state index in [1.54, 1.807) is 23.3 Å². The summed E-state index contributed by atoms with van der Waals surface area (Å²) in [7, 11) is 1.74. The molecule has 1 N–H and O–H groups in total. The second-order valence-electron chi connectivity index (χ2n) is 3.13. The molecule has 2 aromatic rings. The Morgan fingerprint density at radius 3 is 3.13 bits per heavy atom. The Kier molecular flexibility index (Phi) is 2.77. The van der Waals surface area contributed by atoms with Crippen LogP contribution in [0.15, 0.2) is 23.2 Å². The van der Waals surface area contributed by atoms with Gasteiger partial charge in [-0.25, -0.2) is 4.98 Å². The van der Waals surface area contributed by atoms with Gasteiger partial charge in [-0.05, 0) is 22.4 Å². The molecule has 6 heteroatoms. The Balaban J connectivity index is 2.03. The molecule has 2 heterocycles. The third-order valence-electron chi connectivity index (χ3n) is 1.96. The predicted octanol–water partition coefficient (Wildman–Crippen LogP) is 1.14. The average molecular weight is 222 g/mol. The molecule has 0 unspecified atom stereocenters. The number of aromatic nitrogens is 3. The Bertz CT molecular complexity index is 423. The molecule has 0 radical (unpaired) electrons. The second kappa shape index (κ2) is 4.22. The van der Waals surface area contributed by atoms with Crippen molar-refractivity contribution in [2.75, 3.05) is 7.05 Å². The highest BCUT2D eigenvalue weighted by Crippen LogP contribution is 2.09. The van der Waals surface area contributed by atoms with Crippen LogP contribution in [0.4, 0.5) is 0 Å². The largest absolute Gasteiger partial charge is 0.335 e. The van der Waals surface area contributed by atoms with E-state index in [4.69, 9.17) is 0 Å². The van der Waals surface area contributed by atoms with Gasteiger partial charge in [0.2, 0.25) is 5.82 Å². The van der Waals surface area contributed by atoms with Crippen molar-refractivity contribution in [3.8, 4) is 0 Å². The molecular formula is C9H10N4OS. The van der Waals surface area contributed by atoms with Crippen LogP contribution < -0.4 is 0 Å². The molecule has 0 aromatic carbocycles. The molecule has 0 spiro atoms. The van der Waals surface area contributed by atoms with Crippen molar-refractivity contribution in [3.05, 3.63) is 34.5 Å². The van der Waals surface area contributed by atoms with Crippen molar-refractivity contribution in [1.29, 1.82) is 0 Å². The van der Waals surface area contributed by atoms with Crippen molar-refractivity contribution < 1.29 is 4.79 Å². The molecule has 15 heavy (non-hydrogen) atoms. The highest BCUT2D eigenvalue weighted by molar-refractivity contribution is 7.07. The van der Waals surface area contributed by atoms with Gasteiger partial charge in [0.05, 0.1) is 0 Å². The molecule has 2 rings (SSSR count). The Hall–Kier alpha value is -1.69. The lowest BCUT2D eigenvalue weighted by atomic mass is 10.3. The molecule has 0 saturated carbocycles. The van der Waals surface area contributed by atoms with E-state index in [9.17, 15) is 4.79 Å². The number of hydrogen-bond acceptors (Lipinski definition) is 4. The summed E-state index contributed by atoms with van der Waals surface area (Å²) in [6.45, 7) is 0.586. The zero-order valence-electron chi connectivity index (χ0n) is 8.17. The molecule has 0 aliphatic carbocycles. The number of thiophene rings is 1. The third kappa shape index (κ3) is 2.21. The summed E-state index contributed by atoms with van der Waals surface area (Å²) in [5.41, 5.74) is 1.12. The van der Waals surface area contributed by atoms with Crippen molar-refractivity contribution in [2.45, 2.75) is 6.54 Å². The van der Waals surface area contributed by atoms with Crippen LogP contribution in [0.2, 0.25) is 0 Å². The number of H-pyrrole nitrogens is 1. The Morgan fingerprint density at radius 1 is 1.67 bits per heavy atom. The fraction of sp³-hybridized carbons (Fsp3) is 0.222. The molecule has 5 nitrogen and oxygen atoms in total. The van der Waals surface area contributed by atoms with Crippen LogP contribution in [0.3, 0.4) is 0 Å². The minimum Gasteiger partial charge on any atom is -0.335 e. The predicted molar refractivity (Wildman–Crippen MR) is 56.5 cm³/mol. The maximum Gasteiger partial charge on any atom is 0.291 e. The van der Waals surface area contributed by atoms with Gasteiger partial charge in [-0.1, -0.05) is 0 Å². The molecule has 0 fully saturated rings. The van der Waals surface area contributed by atoms with Gasteiger partial charge in [0, 0.05) is 13.6 Å². The SMILES string of the molecule is CN(Cc1ccsc1)C(=O)c1ncn[nH]1. The zero-order chi connectivity index (χ0) is 10.7. The topological polar surface area (TPSA) is 61.9 Å². The molecule has 0 bridgehead atoms. The minimum absolute atomic E-state index is 0.154. The summed E-state index contributed by atoms with van der Waals surface area (Å²) in [6, 6.07) is 1.99. The van der Waals surface area contributed by atoms with Crippen molar-refractivity contribution in [1.82, 2.24) is 20.1 Å². The summed E-state index contributed by atoms with van der Waals surface area (Å²) in [6.07, 6.45) is 1.33. The molecule has 78 valence electrons. The van der Waals surface area contributed by atoms with Crippen LogP contribution in [0.25, 0.3) is 0 Å². The van der Waals surface area contributed by atoms with E-state index >= 15 is 0 Å². The summed E-state index contributed by atoms with van der Waals surface area (Å²) in [5, 5.41) is 10.2. The summed E-state index contributed by atoms with van der Waals surface area (Å²) in [5.74, 6) is 0.117. The first kappa shape index (κ1) is 9.85. The normalized spacial score (nSPS) is 10.2. The van der Waals surface area contributed by atoms with Gasteiger partial charge in [-0.15, -0.1) is 0 Å². The maximum atomic E-state index is 11.7. The number of rotatable bonds is 3. The average Bonchev–Trinajstić information content (AvgIpc) is 2.88. The Morgan fingerprint density at radius 2 is 2.53 bits per heavy atom. The van der Waals surface area contributed by atoms with E-state index in [0.29, 0.717) is 6.54 Å². The highest BCUT2D eigenvalue weighted by Gasteiger charge is 2.14. The van der Waals surface area contributed by atoms with E-state index in [1.165, 1.54) is 6.33 Å². The fourth-order valence-corrected chi connectivity index (χ4v) is 1.88. The van der Waals surface area contributed by atoms with E-state index in [1.807, 2.05) is 16.8 Å². The molecule has 0 saturated heterocycles. The first-order valence-electron chi connectivity index (χ1n) is 4.39. The van der Waals surface area contributed by atoms with Gasteiger partial charge in [-0.3, -0.25) is 9.89 Å². The fourth-order valence-electron chi connectivity index (χ4n) is 1.22. The number of nitrogens with one attached hydrogen (secondary N) is 1. The first-order valence-corrected chi connectivity index (χ1v) is 5.33. The van der Waals surface area contributed by atoms with Crippen LogP contribution in [0, 0.1) is 0 Å². The molecule has 0 atom stereocenters. The van der Waals surface area contributed by atoms with Gasteiger partial charge in [-0.2, -0.15) is 16.4 Å². The van der Waals surface area contributed by atoms with E-state index < -0.39 is 0 Å². The van der Waals surface area contributed by atoms with E-state index in [-0.39, 0.29) is 11.7 Å². The summed E-state index contributed by atoms with van der Waals surface area (Å²) in [4.78, 5) is 17.1. The standard InChI is InChI=1S/C9H10N4OS/c1-13(4-7-2-3-15-5-7)9(14)8-10-6-11-12-8/h2-3,5-6H,4H2,1H3,(H,10,11,12). The summed E-state index contributed by atoms with van der Waals surface area (Å²) < 4.78 is 0. The lowest BCUT2D eigenvalue weighted by Crippen LogP contribution is -2.26. The van der Waals surface area contributed by atoms with Crippen LogP contribution in [-0.2, 0) is 6.54 Å². The van der Waals surface area contributed by atoms with E-state index in [2.05, 4.69) is 15.2 Å². The molecule has 2 aromatic heterocycles. The van der Waals surface area contributed by atoms with Gasteiger partial charge in [0.15, 0.2) is 0 Å². The van der Waals surface area contributed by atoms with Gasteiger partial charge >= 0.3 is 0 Å². The van der Waals surface area contributed by atoms with Crippen molar-refractivity contribution in [3.63, 3.8) is 0 Å². The Labute approximate surface area is 90.8 Å². The molecule has 0 aliphatic heterocycles. The van der Waals surface area contributed by atoms with Crippen LogP contribution in [-0.4, -0.2) is 33.0 Å². The number of amides is 1. The molecule has 0 aliphatic rings. The smallest absolute Gasteiger partial charge is 0.291 e. The number of aromatic amines is 1. The van der Waals surface area contributed by atoms with Gasteiger partial charge in [0.25, 0.3) is 5.91 Å². The van der Waals surface area contributed by atoms with Crippen molar-refractivity contribution in [2.24, 2.45) is 0 Å². The van der Waals surface area contributed by atoms with Gasteiger partial charge < -0.3 is 4.90 Å². The number of nitrogens with zero attached hydrogens (tertiary/aromatic N) is 3. The van der Waals surface area contributed by atoms with Crippen LogP contribution >= 0.6 is 11.3 Å². The van der Waals surface area contributed by atoms with E-state index in [0.717, 1.165) is 5.56 Å². The quantitative estimate of drug-likeness (QED) is 0.847. The molecular weight excluding hydrogens is 212 g/mol. The maximum absolute atomic E-state index is 11.7. The monoisotopic (exact) mass is 222 g/mol. The lowest BCUT2D eigenvalue weighted by molar-refractivity contribution is 0.0773. The van der Waals surface area contributed by atoms with Gasteiger partial charge in [0.1, 0.15) is 6.33 Å². The number of carbonyl (C=O) groups excluding carboxylic acids is 1.